The van der Waals surface area contributed by atoms with Crippen molar-refractivity contribution in [2.75, 3.05) is 151 Å². The maximum atomic E-state index is 13.6. The molecule has 0 fully saturated rings. The highest BCUT2D eigenvalue weighted by Crippen LogP contribution is 2.29. The minimum absolute atomic E-state index is 0.0733. The van der Waals surface area contributed by atoms with E-state index in [1.165, 1.54) is 0 Å². The average Bonchev–Trinajstić information content (AvgIpc) is 3.25. The van der Waals surface area contributed by atoms with Crippen LogP contribution in [0.15, 0.2) is 24.3 Å². The third kappa shape index (κ3) is 24.6. The molecule has 20 heteroatoms. The van der Waals surface area contributed by atoms with Crippen LogP contribution >= 0.6 is 0 Å². The van der Waals surface area contributed by atoms with Gasteiger partial charge in [-0.3, -0.25) is 4.79 Å². The lowest BCUT2D eigenvalue weighted by Gasteiger charge is -2.09. The van der Waals surface area contributed by atoms with E-state index in [9.17, 15) is 31.5 Å². The molecule has 0 aliphatic carbocycles. The van der Waals surface area contributed by atoms with Crippen molar-refractivity contribution >= 4 is 17.6 Å². The molecule has 0 heterocycles. The van der Waals surface area contributed by atoms with E-state index in [1.54, 1.807) is 12.1 Å². The van der Waals surface area contributed by atoms with E-state index in [0.717, 1.165) is 25.1 Å². The number of benzene rings is 2. The molecular formula is C40H58F5NO14. The fraction of sp³-hybridized carbons (Fsp3) is 0.650. The van der Waals surface area contributed by atoms with E-state index in [4.69, 9.17) is 52.1 Å². The number of halogens is 5. The first-order valence-electron chi connectivity index (χ1n) is 19.8. The summed E-state index contributed by atoms with van der Waals surface area (Å²) in [7, 11) is 0. The average molecular weight is 872 g/mol. The topological polar surface area (TPSA) is 157 Å². The summed E-state index contributed by atoms with van der Waals surface area (Å²) in [5.41, 5.74) is 1.47. The van der Waals surface area contributed by atoms with E-state index < -0.39 is 47.2 Å². The molecule has 0 radical (unpaired) electrons. The monoisotopic (exact) mass is 871 g/mol. The molecule has 0 bridgehead atoms. The zero-order valence-electron chi connectivity index (χ0n) is 34.1. The van der Waals surface area contributed by atoms with Crippen LogP contribution in [0.1, 0.15) is 36.5 Å². The number of ether oxygens (including phenoxy) is 12. The van der Waals surface area contributed by atoms with Gasteiger partial charge in [-0.2, -0.15) is 8.78 Å². The van der Waals surface area contributed by atoms with E-state index >= 15 is 0 Å². The second-order valence-electron chi connectivity index (χ2n) is 12.2. The Morgan fingerprint density at radius 3 is 1.17 bits per heavy atom. The van der Waals surface area contributed by atoms with Gasteiger partial charge in [0.2, 0.25) is 34.8 Å². The van der Waals surface area contributed by atoms with Crippen LogP contribution in [0.2, 0.25) is 0 Å². The Balaban J connectivity index is 1.21. The van der Waals surface area contributed by atoms with Crippen molar-refractivity contribution in [3.05, 3.63) is 58.9 Å². The van der Waals surface area contributed by atoms with Gasteiger partial charge in [0.25, 0.3) is 0 Å². The number of nitrogens with one attached hydrogen (secondary N) is 1. The summed E-state index contributed by atoms with van der Waals surface area (Å²) in [6.07, 6.45) is 1.72. The normalized spacial score (nSPS) is 11.3. The molecule has 0 spiro atoms. The third-order valence-electron chi connectivity index (χ3n) is 7.62. The maximum absolute atomic E-state index is 13.6. The summed E-state index contributed by atoms with van der Waals surface area (Å²) in [6.45, 7) is 9.74. The summed E-state index contributed by atoms with van der Waals surface area (Å²) in [5.74, 6) is -14.6. The van der Waals surface area contributed by atoms with Gasteiger partial charge in [-0.25, -0.2) is 18.0 Å². The number of anilines is 1. The molecule has 0 saturated heterocycles. The number of hydrogen-bond donors (Lipinski definition) is 1. The van der Waals surface area contributed by atoms with Crippen molar-refractivity contribution in [1.29, 1.82) is 0 Å². The lowest BCUT2D eigenvalue weighted by molar-refractivity contribution is -0.136. The molecule has 1 N–H and O–H groups in total. The van der Waals surface area contributed by atoms with Gasteiger partial charge in [-0.1, -0.05) is 13.3 Å². The van der Waals surface area contributed by atoms with Crippen LogP contribution < -0.4 is 10.1 Å². The van der Waals surface area contributed by atoms with Crippen molar-refractivity contribution in [3.63, 3.8) is 0 Å². The van der Waals surface area contributed by atoms with Crippen LogP contribution in [0, 0.1) is 29.1 Å². The highest BCUT2D eigenvalue weighted by molar-refractivity contribution is 5.89. The number of carbonyl (C=O) groups excluding carboxylic acids is 2. The molecule has 0 aliphatic rings. The quantitative estimate of drug-likeness (QED) is 0.0241. The summed E-state index contributed by atoms with van der Waals surface area (Å²) in [6, 6.07) is 7.21. The van der Waals surface area contributed by atoms with Gasteiger partial charge in [0.05, 0.1) is 144 Å². The first-order chi connectivity index (χ1) is 29.3. The molecule has 2 rings (SSSR count). The van der Waals surface area contributed by atoms with Crippen molar-refractivity contribution < 1.29 is 88.4 Å². The first-order valence-corrected chi connectivity index (χ1v) is 19.8. The Labute approximate surface area is 347 Å². The van der Waals surface area contributed by atoms with Gasteiger partial charge in [0.15, 0.2) is 0 Å². The fourth-order valence-electron chi connectivity index (χ4n) is 4.49. The van der Waals surface area contributed by atoms with E-state index in [2.05, 4.69) is 17.0 Å². The van der Waals surface area contributed by atoms with Crippen LogP contribution in [0.3, 0.4) is 0 Å². The van der Waals surface area contributed by atoms with Crippen molar-refractivity contribution in [2.45, 2.75) is 26.2 Å². The molecule has 2 aromatic carbocycles. The van der Waals surface area contributed by atoms with E-state index in [-0.39, 0.29) is 45.6 Å². The third-order valence-corrected chi connectivity index (χ3v) is 7.62. The number of unbranched alkanes of at least 4 members (excludes halogenated alkanes) is 1. The second-order valence-corrected chi connectivity index (χ2v) is 12.2. The molecular weight excluding hydrogens is 813 g/mol. The largest absolute Gasteiger partial charge is 0.460 e. The van der Waals surface area contributed by atoms with E-state index in [1.807, 2.05) is 12.1 Å². The summed E-state index contributed by atoms with van der Waals surface area (Å²) in [5, 5.41) is 3.30. The second kappa shape index (κ2) is 35.1. The Hall–Kier alpha value is -3.57. The van der Waals surface area contributed by atoms with Crippen LogP contribution in [0.5, 0.6) is 5.75 Å². The molecule has 0 saturated carbocycles. The standard InChI is InChI=1S/C40H58F5NO14/c1-2-3-9-46-32-6-4-31(5-7-32)40(48)59-30-29-58-28-27-57-26-25-56-24-23-55-22-21-54-20-19-53-18-17-52-16-15-51-14-13-50-12-11-49-10-8-33(47)60-39-37(44)35(42)34(41)36(43)38(39)45/h4-7,46H,2-3,8-30H2,1H3. The molecule has 0 unspecified atom stereocenters. The lowest BCUT2D eigenvalue weighted by atomic mass is 10.2. The zero-order chi connectivity index (χ0) is 43.5. The van der Waals surface area contributed by atoms with Crippen LogP contribution in [0.25, 0.3) is 0 Å². The predicted octanol–water partition coefficient (Wildman–Crippen LogP) is 4.91. The van der Waals surface area contributed by atoms with E-state index in [0.29, 0.717) is 105 Å². The Bertz CT molecular complexity index is 1400. The van der Waals surface area contributed by atoms with Crippen molar-refractivity contribution in [1.82, 2.24) is 0 Å². The summed E-state index contributed by atoms with van der Waals surface area (Å²) >= 11 is 0. The fourth-order valence-corrected chi connectivity index (χ4v) is 4.49. The van der Waals surface area contributed by atoms with Crippen LogP contribution in [0.4, 0.5) is 27.6 Å². The van der Waals surface area contributed by atoms with Gasteiger partial charge in [0, 0.05) is 12.2 Å². The number of carbonyl (C=O) groups is 2. The molecule has 0 aromatic heterocycles. The Morgan fingerprint density at radius 2 is 0.800 bits per heavy atom. The van der Waals surface area contributed by atoms with Gasteiger partial charge in [-0.15, -0.1) is 0 Å². The lowest BCUT2D eigenvalue weighted by Crippen LogP contribution is -2.16. The molecule has 15 nitrogen and oxygen atoms in total. The van der Waals surface area contributed by atoms with Gasteiger partial charge in [0.1, 0.15) is 6.61 Å². The Morgan fingerprint density at radius 1 is 0.467 bits per heavy atom. The molecule has 342 valence electrons. The van der Waals surface area contributed by atoms with Crippen molar-refractivity contribution in [3.8, 4) is 5.75 Å². The predicted molar refractivity (Wildman–Crippen MR) is 205 cm³/mol. The van der Waals surface area contributed by atoms with Crippen molar-refractivity contribution in [2.24, 2.45) is 0 Å². The molecule has 0 atom stereocenters. The number of hydrogen-bond acceptors (Lipinski definition) is 15. The zero-order valence-corrected chi connectivity index (χ0v) is 34.1. The van der Waals surface area contributed by atoms with Gasteiger partial charge >= 0.3 is 11.9 Å². The minimum atomic E-state index is -2.35. The smallest absolute Gasteiger partial charge is 0.338 e. The SMILES string of the molecule is CCCCNc1ccc(C(=O)OCCOCCOCCOCCOCCOCCOCCOCCOCCOCCOCCC(=O)Oc2c(F)c(F)c(F)c(F)c2F)cc1. The highest BCUT2D eigenvalue weighted by atomic mass is 19.2. The number of esters is 2. The summed E-state index contributed by atoms with van der Waals surface area (Å²) in [4.78, 5) is 23.8. The molecule has 0 amide bonds. The summed E-state index contributed by atoms with van der Waals surface area (Å²) < 4.78 is 130. The minimum Gasteiger partial charge on any atom is -0.460 e. The Kier molecular flexibility index (Phi) is 30.7. The highest BCUT2D eigenvalue weighted by Gasteiger charge is 2.28. The van der Waals surface area contributed by atoms with Crippen LogP contribution in [-0.2, 0) is 56.9 Å². The molecule has 60 heavy (non-hydrogen) atoms. The number of rotatable bonds is 39. The van der Waals surface area contributed by atoms with Crippen LogP contribution in [-0.4, -0.2) is 157 Å². The maximum Gasteiger partial charge on any atom is 0.338 e. The van der Waals surface area contributed by atoms with Gasteiger partial charge < -0.3 is 62.2 Å². The van der Waals surface area contributed by atoms with Gasteiger partial charge in [-0.05, 0) is 30.7 Å². The molecule has 2 aromatic rings. The first kappa shape index (κ1) is 52.6. The molecule has 0 aliphatic heterocycles.